The van der Waals surface area contributed by atoms with Crippen molar-refractivity contribution < 1.29 is 4.39 Å². The highest BCUT2D eigenvalue weighted by Gasteiger charge is 2.47. The average Bonchev–Trinajstić information content (AvgIpc) is 2.18. The number of hydrogen-bond acceptors (Lipinski definition) is 2. The third kappa shape index (κ3) is 1.81. The van der Waals surface area contributed by atoms with Gasteiger partial charge in [-0.05, 0) is 36.6 Å². The first-order chi connectivity index (χ1) is 8.51. The van der Waals surface area contributed by atoms with Gasteiger partial charge in [-0.25, -0.2) is 4.39 Å². The Kier molecular flexibility index (Phi) is 2.79. The van der Waals surface area contributed by atoms with Gasteiger partial charge in [0.1, 0.15) is 5.82 Å². The summed E-state index contributed by atoms with van der Waals surface area (Å²) < 4.78 is 13.7. The Labute approximate surface area is 112 Å². The lowest BCUT2D eigenvalue weighted by molar-refractivity contribution is 0.159. The smallest absolute Gasteiger partial charge is 0.125 e. The van der Waals surface area contributed by atoms with Gasteiger partial charge in [0, 0.05) is 13.1 Å². The van der Waals surface area contributed by atoms with Gasteiger partial charge < -0.3 is 10.2 Å². The summed E-state index contributed by atoms with van der Waals surface area (Å²) in [4.78, 5) is 2.17. The Morgan fingerprint density at radius 1 is 1.39 bits per heavy atom. The maximum absolute atomic E-state index is 13.7. The van der Waals surface area contributed by atoms with Gasteiger partial charge in [0.25, 0.3) is 0 Å². The van der Waals surface area contributed by atoms with Crippen LogP contribution < -0.4 is 10.2 Å². The molecule has 0 aliphatic carbocycles. The summed E-state index contributed by atoms with van der Waals surface area (Å²) in [7, 11) is 0. The molecule has 0 atom stereocenters. The second kappa shape index (κ2) is 4.10. The third-order valence-electron chi connectivity index (χ3n) is 4.10. The number of rotatable bonds is 2. The van der Waals surface area contributed by atoms with Crippen LogP contribution in [-0.4, -0.2) is 25.2 Å². The van der Waals surface area contributed by atoms with Crippen LogP contribution in [0.15, 0.2) is 12.1 Å². The van der Waals surface area contributed by atoms with Crippen molar-refractivity contribution in [3.8, 4) is 0 Å². The van der Waals surface area contributed by atoms with Crippen LogP contribution in [0.2, 0.25) is 5.02 Å². The van der Waals surface area contributed by atoms with Crippen LogP contribution in [0.1, 0.15) is 31.7 Å². The molecule has 3 rings (SSSR count). The minimum atomic E-state index is -0.194. The van der Waals surface area contributed by atoms with Crippen molar-refractivity contribution in [1.82, 2.24) is 5.32 Å². The number of nitrogens with one attached hydrogen (secondary N) is 1. The third-order valence-corrected chi connectivity index (χ3v) is 4.51. The van der Waals surface area contributed by atoms with E-state index in [1.54, 1.807) is 12.1 Å². The fourth-order valence-electron chi connectivity index (χ4n) is 2.85. The van der Waals surface area contributed by atoms with E-state index < -0.39 is 0 Å². The highest BCUT2D eigenvalue weighted by atomic mass is 35.5. The number of halogens is 2. The van der Waals surface area contributed by atoms with Crippen molar-refractivity contribution in [3.05, 3.63) is 28.5 Å². The van der Waals surface area contributed by atoms with E-state index in [-0.39, 0.29) is 17.3 Å². The predicted octanol–water partition coefficient (Wildman–Crippen LogP) is 3.15. The van der Waals surface area contributed by atoms with Crippen molar-refractivity contribution in [1.29, 1.82) is 0 Å². The van der Waals surface area contributed by atoms with Gasteiger partial charge in [-0.15, -0.1) is 0 Å². The molecule has 2 saturated heterocycles. The average molecular weight is 269 g/mol. The first-order valence-electron chi connectivity index (χ1n) is 6.50. The first-order valence-corrected chi connectivity index (χ1v) is 6.87. The van der Waals surface area contributed by atoms with E-state index in [4.69, 9.17) is 11.6 Å². The molecule has 4 heteroatoms. The second-order valence-electron chi connectivity index (χ2n) is 5.80. The molecule has 1 aromatic carbocycles. The van der Waals surface area contributed by atoms with Crippen LogP contribution in [0.25, 0.3) is 0 Å². The van der Waals surface area contributed by atoms with Gasteiger partial charge in [-0.3, -0.25) is 0 Å². The molecule has 2 nitrogen and oxygen atoms in total. The quantitative estimate of drug-likeness (QED) is 0.886. The van der Waals surface area contributed by atoms with Gasteiger partial charge in [0.15, 0.2) is 0 Å². The van der Waals surface area contributed by atoms with Crippen LogP contribution in [0, 0.1) is 5.82 Å². The molecule has 2 fully saturated rings. The lowest BCUT2D eigenvalue weighted by Crippen LogP contribution is -2.76. The van der Waals surface area contributed by atoms with Crippen molar-refractivity contribution in [2.75, 3.05) is 24.5 Å². The largest absolute Gasteiger partial charge is 0.366 e. The molecule has 1 N–H and O–H groups in total. The molecule has 2 aliphatic heterocycles. The van der Waals surface area contributed by atoms with E-state index >= 15 is 0 Å². The maximum Gasteiger partial charge on any atom is 0.125 e. The zero-order valence-electron chi connectivity index (χ0n) is 10.8. The molecule has 2 aliphatic rings. The van der Waals surface area contributed by atoms with Gasteiger partial charge >= 0.3 is 0 Å². The van der Waals surface area contributed by atoms with Crippen LogP contribution in [0.5, 0.6) is 0 Å². The molecule has 98 valence electrons. The minimum Gasteiger partial charge on any atom is -0.366 e. The number of anilines is 1. The predicted molar refractivity (Wildman–Crippen MR) is 73.1 cm³/mol. The summed E-state index contributed by atoms with van der Waals surface area (Å²) in [5, 5.41) is 4.16. The van der Waals surface area contributed by atoms with Crippen LogP contribution in [0.3, 0.4) is 0 Å². The topological polar surface area (TPSA) is 15.3 Å². The van der Waals surface area contributed by atoms with Crippen LogP contribution in [-0.2, 0) is 0 Å². The van der Waals surface area contributed by atoms with E-state index in [0.717, 1.165) is 30.9 Å². The normalized spacial score (nSPS) is 21.1. The van der Waals surface area contributed by atoms with E-state index in [9.17, 15) is 4.39 Å². The zero-order valence-corrected chi connectivity index (χ0v) is 11.5. The molecular weight excluding hydrogens is 251 g/mol. The van der Waals surface area contributed by atoms with Crippen molar-refractivity contribution in [2.24, 2.45) is 0 Å². The molecular formula is C14H18ClFN2. The summed E-state index contributed by atoms with van der Waals surface area (Å²) in [6.07, 6.45) is 1.22. The molecule has 0 saturated carbocycles. The summed E-state index contributed by atoms with van der Waals surface area (Å²) in [6, 6.07) is 3.10. The molecule has 2 heterocycles. The molecule has 0 radical (unpaired) electrons. The molecule has 0 amide bonds. The Morgan fingerprint density at radius 3 is 2.56 bits per heavy atom. The van der Waals surface area contributed by atoms with Gasteiger partial charge in [0.05, 0.1) is 16.2 Å². The van der Waals surface area contributed by atoms with E-state index in [1.807, 2.05) is 13.8 Å². The Morgan fingerprint density at radius 2 is 2.06 bits per heavy atom. The Bertz CT molecular complexity index is 475. The summed E-state index contributed by atoms with van der Waals surface area (Å²) in [5.41, 5.74) is 2.03. The summed E-state index contributed by atoms with van der Waals surface area (Å²) in [5.74, 6) is 0.0460. The Balaban J connectivity index is 1.88. The number of nitrogens with zero attached hydrogens (tertiary/aromatic N) is 1. The highest BCUT2D eigenvalue weighted by Crippen LogP contribution is 2.40. The molecule has 1 aromatic rings. The molecule has 1 spiro atoms. The van der Waals surface area contributed by atoms with Crippen LogP contribution >= 0.6 is 11.6 Å². The number of hydrogen-bond donors (Lipinski definition) is 1. The van der Waals surface area contributed by atoms with E-state index in [1.165, 1.54) is 6.42 Å². The van der Waals surface area contributed by atoms with Crippen molar-refractivity contribution >= 4 is 17.3 Å². The number of benzene rings is 1. The molecule has 0 aromatic heterocycles. The Hall–Kier alpha value is -0.800. The molecule has 18 heavy (non-hydrogen) atoms. The van der Waals surface area contributed by atoms with Crippen molar-refractivity contribution in [3.63, 3.8) is 0 Å². The van der Waals surface area contributed by atoms with E-state index in [0.29, 0.717) is 5.02 Å². The highest BCUT2D eigenvalue weighted by molar-refractivity contribution is 6.34. The standard InChI is InChI=1S/C14H18ClFN2/c1-9(2)11-5-10(16)6-12(13(11)15)18-7-14(8-18)3-4-17-14/h5-6,9,17H,3-4,7-8H2,1-2H3. The fraction of sp³-hybridized carbons (Fsp3) is 0.571. The fourth-order valence-corrected chi connectivity index (χ4v) is 3.30. The van der Waals surface area contributed by atoms with Gasteiger partial charge in [-0.2, -0.15) is 0 Å². The lowest BCUT2D eigenvalue weighted by Gasteiger charge is -2.57. The van der Waals surface area contributed by atoms with Gasteiger partial charge in [-0.1, -0.05) is 25.4 Å². The van der Waals surface area contributed by atoms with Crippen molar-refractivity contribution in [2.45, 2.75) is 31.7 Å². The zero-order chi connectivity index (χ0) is 12.9. The minimum absolute atomic E-state index is 0.194. The molecule has 0 bridgehead atoms. The van der Waals surface area contributed by atoms with Gasteiger partial charge in [0.2, 0.25) is 0 Å². The first kappa shape index (κ1) is 12.2. The summed E-state index contributed by atoms with van der Waals surface area (Å²) in [6.45, 7) is 7.05. The van der Waals surface area contributed by atoms with E-state index in [2.05, 4.69) is 10.2 Å². The summed E-state index contributed by atoms with van der Waals surface area (Å²) >= 11 is 6.41. The van der Waals surface area contributed by atoms with Crippen LogP contribution in [0.4, 0.5) is 10.1 Å². The monoisotopic (exact) mass is 268 g/mol. The second-order valence-corrected chi connectivity index (χ2v) is 6.17. The SMILES string of the molecule is CC(C)c1cc(F)cc(N2CC3(CCN3)C2)c1Cl. The maximum atomic E-state index is 13.7. The lowest BCUT2D eigenvalue weighted by atomic mass is 9.80. The molecule has 0 unspecified atom stereocenters.